The molecule has 3 heterocycles. The van der Waals surface area contributed by atoms with Crippen molar-refractivity contribution in [2.75, 3.05) is 26.4 Å². The molecule has 3 aliphatic rings. The highest BCUT2D eigenvalue weighted by Crippen LogP contribution is 2.33. The summed E-state index contributed by atoms with van der Waals surface area (Å²) in [4.78, 5) is 13.3. The molecule has 0 aliphatic carbocycles. The van der Waals surface area contributed by atoms with Gasteiger partial charge in [-0.15, -0.1) is 0 Å². The molecule has 0 aromatic heterocycles. The summed E-state index contributed by atoms with van der Waals surface area (Å²) in [5, 5.41) is 120. The van der Waals surface area contributed by atoms with Crippen LogP contribution in [0.2, 0.25) is 0 Å². The zero-order valence-corrected chi connectivity index (χ0v) is 49.7. The zero-order chi connectivity index (χ0) is 59.7. The Morgan fingerprint density at radius 1 is 0.439 bits per heavy atom. The number of ether oxygens (including phenoxy) is 6. The third-order valence-corrected chi connectivity index (χ3v) is 15.5. The summed E-state index contributed by atoms with van der Waals surface area (Å²) in [6.07, 6.45) is 26.2. The highest BCUT2D eigenvalue weighted by Gasteiger charge is 2.53. The molecule has 0 bridgehead atoms. The first-order chi connectivity index (χ1) is 39.8. The van der Waals surface area contributed by atoms with E-state index in [1.807, 2.05) is 6.08 Å². The Kier molecular flexibility index (Phi) is 41.2. The number of nitrogens with one attached hydrogen (secondary N) is 1. The highest BCUT2D eigenvalue weighted by atomic mass is 16.8. The number of allylic oxidation sites excluding steroid dienone is 9. The van der Waals surface area contributed by atoms with Gasteiger partial charge in [0.2, 0.25) is 5.91 Å². The maximum atomic E-state index is 13.3. The Morgan fingerprint density at radius 2 is 0.817 bits per heavy atom. The van der Waals surface area contributed by atoms with Crippen molar-refractivity contribution < 1.29 is 89.4 Å². The Hall–Kier alpha value is -2.51. The Labute approximate surface area is 490 Å². The summed E-state index contributed by atoms with van der Waals surface area (Å²) in [6, 6.07) is -0.999. The lowest BCUT2D eigenvalue weighted by Crippen LogP contribution is -2.66. The topological polar surface area (TPSA) is 307 Å². The van der Waals surface area contributed by atoms with Gasteiger partial charge in [0.05, 0.1) is 38.6 Å². The number of carbonyl (C=O) groups excluding carboxylic acids is 1. The number of rotatable bonds is 46. The molecule has 17 unspecified atom stereocenters. The molecule has 3 saturated heterocycles. The van der Waals surface area contributed by atoms with Gasteiger partial charge in [0.1, 0.15) is 73.2 Å². The van der Waals surface area contributed by atoms with Crippen molar-refractivity contribution in [2.45, 2.75) is 304 Å². The van der Waals surface area contributed by atoms with E-state index in [0.717, 1.165) is 77.0 Å². The van der Waals surface area contributed by atoms with E-state index >= 15 is 0 Å². The van der Waals surface area contributed by atoms with Gasteiger partial charge in [-0.2, -0.15) is 0 Å². The average Bonchev–Trinajstić information content (AvgIpc) is 3.39. The number of aliphatic hydroxyl groups is 11. The average molecular weight is 1170 g/mol. The minimum absolute atomic E-state index is 0.218. The lowest BCUT2D eigenvalue weighted by atomic mass is 9.96. The molecule has 12 N–H and O–H groups in total. The van der Waals surface area contributed by atoms with Gasteiger partial charge in [0, 0.05) is 6.42 Å². The number of unbranched alkanes of at least 4 members (excludes halogenated alkanes) is 22. The van der Waals surface area contributed by atoms with Crippen molar-refractivity contribution in [3.05, 3.63) is 60.8 Å². The fraction of sp³-hybridized carbons (Fsp3) is 0.825. The molecule has 82 heavy (non-hydrogen) atoms. The van der Waals surface area contributed by atoms with Crippen LogP contribution in [0.1, 0.15) is 200 Å². The quantitative estimate of drug-likeness (QED) is 0.0231. The smallest absolute Gasteiger partial charge is 0.220 e. The maximum absolute atomic E-state index is 13.3. The third kappa shape index (κ3) is 28.8. The van der Waals surface area contributed by atoms with E-state index in [9.17, 15) is 61.0 Å². The molecule has 17 atom stereocenters. The van der Waals surface area contributed by atoms with Gasteiger partial charge >= 0.3 is 0 Å². The number of amides is 1. The third-order valence-electron chi connectivity index (χ3n) is 15.5. The molecule has 1 amide bonds. The summed E-state index contributed by atoms with van der Waals surface area (Å²) in [6.45, 7) is 1.66. The summed E-state index contributed by atoms with van der Waals surface area (Å²) in [5.41, 5.74) is 0. The molecule has 0 saturated carbocycles. The van der Waals surface area contributed by atoms with Gasteiger partial charge in [-0.3, -0.25) is 4.79 Å². The van der Waals surface area contributed by atoms with Crippen molar-refractivity contribution in [1.29, 1.82) is 0 Å². The predicted molar refractivity (Wildman–Crippen MR) is 314 cm³/mol. The maximum Gasteiger partial charge on any atom is 0.220 e. The summed E-state index contributed by atoms with van der Waals surface area (Å²) in [5.74, 6) is -0.300. The standard InChI is InChI=1S/C63H111NO18/c1-3-5-7-9-11-13-15-17-19-21-23-25-27-29-31-33-35-37-39-41-51(69)64-46(47(68)40-38-36-34-32-30-28-26-24-22-20-18-16-14-12-10-8-6-4-2)45-77-61-57(75)54(72)59(49(43-66)79-61)82-63-58(76)55(73)60(50(44-67)80-63)81-62-56(74)53(71)52(70)48(42-65)78-62/h11,13,17,19,23,25,30,32,38,40,46-50,52-63,65-68,70-76H,3-10,12,14-16,18,20-22,24,26-29,31,33-37,39,41-45H2,1-2H3,(H,64,69)/b13-11-,19-17-,25-23-,32-30+,40-38+. The molecule has 0 radical (unpaired) electrons. The molecule has 19 nitrogen and oxygen atoms in total. The first kappa shape index (κ1) is 73.7. The van der Waals surface area contributed by atoms with E-state index in [0.29, 0.717) is 12.8 Å². The fourth-order valence-electron chi connectivity index (χ4n) is 10.3. The van der Waals surface area contributed by atoms with Crippen molar-refractivity contribution in [3.63, 3.8) is 0 Å². The highest BCUT2D eigenvalue weighted by molar-refractivity contribution is 5.76. The van der Waals surface area contributed by atoms with Crippen LogP contribution in [0.5, 0.6) is 0 Å². The molecular weight excluding hydrogens is 1060 g/mol. The molecule has 19 heteroatoms. The largest absolute Gasteiger partial charge is 0.394 e. The minimum atomic E-state index is -1.98. The van der Waals surface area contributed by atoms with Gasteiger partial charge in [-0.1, -0.05) is 184 Å². The fourth-order valence-corrected chi connectivity index (χ4v) is 10.3. The van der Waals surface area contributed by atoms with Crippen molar-refractivity contribution in [3.8, 4) is 0 Å². The van der Waals surface area contributed by atoms with Crippen molar-refractivity contribution >= 4 is 5.91 Å². The Bertz CT molecular complexity index is 1730. The second-order valence-corrected chi connectivity index (χ2v) is 22.5. The van der Waals surface area contributed by atoms with Crippen LogP contribution >= 0.6 is 0 Å². The first-order valence-corrected chi connectivity index (χ1v) is 31.5. The SMILES string of the molecule is CCCCC/C=C\C/C=C\C/C=C\CCCCCCCCC(=O)NC(COC1OC(CO)C(OC2OC(CO)C(OC3OC(CO)C(O)C(O)C3O)C(O)C2O)C(O)C1O)C(O)/C=C/CC/C=C/CCCCCCCCCCCCCC. The predicted octanol–water partition coefficient (Wildman–Crippen LogP) is 6.43. The number of hydrogen-bond donors (Lipinski definition) is 12. The van der Waals surface area contributed by atoms with E-state index in [1.54, 1.807) is 6.08 Å². The number of carbonyl (C=O) groups is 1. The van der Waals surface area contributed by atoms with Gasteiger partial charge in [-0.05, 0) is 70.6 Å². The van der Waals surface area contributed by atoms with Crippen LogP contribution < -0.4 is 5.32 Å². The summed E-state index contributed by atoms with van der Waals surface area (Å²) in [7, 11) is 0. The molecule has 0 aromatic rings. The van der Waals surface area contributed by atoms with Gasteiger partial charge in [0.25, 0.3) is 0 Å². The van der Waals surface area contributed by atoms with Crippen LogP contribution in [-0.4, -0.2) is 193 Å². The van der Waals surface area contributed by atoms with Crippen LogP contribution in [0.3, 0.4) is 0 Å². The van der Waals surface area contributed by atoms with Gasteiger partial charge in [-0.25, -0.2) is 0 Å². The molecule has 0 spiro atoms. The van der Waals surface area contributed by atoms with E-state index < -0.39 is 124 Å². The van der Waals surface area contributed by atoms with Crippen LogP contribution in [0, 0.1) is 0 Å². The zero-order valence-electron chi connectivity index (χ0n) is 49.7. The molecule has 476 valence electrons. The second-order valence-electron chi connectivity index (χ2n) is 22.5. The molecule has 3 rings (SSSR count). The van der Waals surface area contributed by atoms with Crippen molar-refractivity contribution in [2.24, 2.45) is 0 Å². The van der Waals surface area contributed by atoms with Crippen LogP contribution in [0.4, 0.5) is 0 Å². The molecular formula is C63H111NO18. The van der Waals surface area contributed by atoms with Crippen molar-refractivity contribution in [1.82, 2.24) is 5.32 Å². The van der Waals surface area contributed by atoms with E-state index in [1.165, 1.54) is 89.9 Å². The van der Waals surface area contributed by atoms with Gasteiger partial charge in [0.15, 0.2) is 18.9 Å². The van der Waals surface area contributed by atoms with Gasteiger partial charge < -0.3 is 89.9 Å². The number of hydrogen-bond acceptors (Lipinski definition) is 18. The Balaban J connectivity index is 1.51. The minimum Gasteiger partial charge on any atom is -0.394 e. The molecule has 0 aromatic carbocycles. The second kappa shape index (κ2) is 45.8. The summed E-state index contributed by atoms with van der Waals surface area (Å²) >= 11 is 0. The van der Waals surface area contributed by atoms with E-state index in [-0.39, 0.29) is 18.9 Å². The molecule has 3 aliphatic heterocycles. The van der Waals surface area contributed by atoms with Crippen LogP contribution in [0.15, 0.2) is 60.8 Å². The summed E-state index contributed by atoms with van der Waals surface area (Å²) < 4.78 is 34.2. The normalized spacial score (nSPS) is 30.0. The van der Waals surface area contributed by atoms with Crippen LogP contribution in [-0.2, 0) is 33.2 Å². The van der Waals surface area contributed by atoms with E-state index in [2.05, 4.69) is 67.8 Å². The van der Waals surface area contributed by atoms with E-state index in [4.69, 9.17) is 28.4 Å². The first-order valence-electron chi connectivity index (χ1n) is 31.5. The monoisotopic (exact) mass is 1170 g/mol. The van der Waals surface area contributed by atoms with Crippen LogP contribution in [0.25, 0.3) is 0 Å². The Morgan fingerprint density at radius 3 is 1.33 bits per heavy atom. The lowest BCUT2D eigenvalue weighted by Gasteiger charge is -2.48. The molecule has 3 fully saturated rings. The number of aliphatic hydroxyl groups excluding tert-OH is 11. The lowest BCUT2D eigenvalue weighted by molar-refractivity contribution is -0.379.